The summed E-state index contributed by atoms with van der Waals surface area (Å²) in [6.07, 6.45) is 2.31. The number of carbonyl (C=O) groups is 3. The third-order valence-corrected chi connectivity index (χ3v) is 7.10. The zero-order valence-electron chi connectivity index (χ0n) is 17.9. The van der Waals surface area contributed by atoms with Gasteiger partial charge in [0.2, 0.25) is 5.91 Å². The number of rotatable bonds is 5. The van der Waals surface area contributed by atoms with E-state index in [1.807, 2.05) is 6.07 Å². The van der Waals surface area contributed by atoms with Crippen molar-refractivity contribution in [3.8, 4) is 0 Å². The minimum absolute atomic E-state index is 0.0934. The van der Waals surface area contributed by atoms with Gasteiger partial charge >= 0.3 is 0 Å². The SMILES string of the molecule is O=C(NCC(=O)N1CCc2sc(C(=O)Nc3cccc(Cl)c3)cc2C1)c1ccc2[nH]ncc2c1. The molecule has 0 saturated carbocycles. The Kier molecular flexibility index (Phi) is 6.04. The normalized spacial score (nSPS) is 12.9. The summed E-state index contributed by atoms with van der Waals surface area (Å²) < 4.78 is 0. The molecule has 3 N–H and O–H groups in total. The highest BCUT2D eigenvalue weighted by Gasteiger charge is 2.25. The van der Waals surface area contributed by atoms with Crippen molar-refractivity contribution in [1.29, 1.82) is 0 Å². The maximum atomic E-state index is 12.7. The van der Waals surface area contributed by atoms with Crippen molar-refractivity contribution < 1.29 is 14.4 Å². The lowest BCUT2D eigenvalue weighted by Gasteiger charge is -2.27. The summed E-state index contributed by atoms with van der Waals surface area (Å²) in [6.45, 7) is 0.856. The van der Waals surface area contributed by atoms with Crippen LogP contribution in [0, 0.1) is 0 Å². The Bertz CT molecular complexity index is 1410. The van der Waals surface area contributed by atoms with Gasteiger partial charge in [-0.05, 0) is 54.4 Å². The number of H-pyrrole nitrogens is 1. The van der Waals surface area contributed by atoms with Crippen molar-refractivity contribution in [2.75, 3.05) is 18.4 Å². The maximum Gasteiger partial charge on any atom is 0.265 e. The van der Waals surface area contributed by atoms with Gasteiger partial charge in [-0.3, -0.25) is 19.5 Å². The molecule has 172 valence electrons. The van der Waals surface area contributed by atoms with Crippen LogP contribution >= 0.6 is 22.9 Å². The van der Waals surface area contributed by atoms with Crippen LogP contribution in [0.2, 0.25) is 5.02 Å². The third-order valence-electron chi connectivity index (χ3n) is 5.63. The van der Waals surface area contributed by atoms with Crippen molar-refractivity contribution in [2.24, 2.45) is 0 Å². The average Bonchev–Trinajstić information content (AvgIpc) is 3.48. The number of aromatic amines is 1. The quantitative estimate of drug-likeness (QED) is 0.392. The van der Waals surface area contributed by atoms with Crippen LogP contribution < -0.4 is 10.6 Å². The Balaban J connectivity index is 1.18. The molecule has 0 unspecified atom stereocenters. The number of nitrogens with one attached hydrogen (secondary N) is 3. The maximum absolute atomic E-state index is 12.7. The second kappa shape index (κ2) is 9.28. The Morgan fingerprint density at radius 2 is 2.00 bits per heavy atom. The Labute approximate surface area is 203 Å². The molecule has 8 nitrogen and oxygen atoms in total. The number of hydrogen-bond acceptors (Lipinski definition) is 5. The van der Waals surface area contributed by atoms with E-state index in [1.54, 1.807) is 53.6 Å². The Morgan fingerprint density at radius 1 is 1.12 bits per heavy atom. The van der Waals surface area contributed by atoms with E-state index in [9.17, 15) is 14.4 Å². The van der Waals surface area contributed by atoms with Crippen LogP contribution in [0.15, 0.2) is 54.7 Å². The molecule has 0 fully saturated rings. The third kappa shape index (κ3) is 4.66. The summed E-state index contributed by atoms with van der Waals surface area (Å²) in [5, 5.41) is 13.7. The van der Waals surface area contributed by atoms with Crippen LogP contribution in [-0.4, -0.2) is 45.9 Å². The second-order valence-electron chi connectivity index (χ2n) is 7.94. The Morgan fingerprint density at radius 3 is 2.85 bits per heavy atom. The number of carbonyl (C=O) groups excluding carboxylic acids is 3. The molecule has 0 bridgehead atoms. The van der Waals surface area contributed by atoms with Crippen molar-refractivity contribution in [3.63, 3.8) is 0 Å². The zero-order valence-corrected chi connectivity index (χ0v) is 19.5. The van der Waals surface area contributed by atoms with Gasteiger partial charge in [-0.25, -0.2) is 0 Å². The predicted octanol–water partition coefficient (Wildman–Crippen LogP) is 3.84. The lowest BCUT2D eigenvalue weighted by Crippen LogP contribution is -2.42. The molecule has 3 heterocycles. The fourth-order valence-electron chi connectivity index (χ4n) is 3.87. The molecule has 0 spiro atoms. The van der Waals surface area contributed by atoms with Crippen molar-refractivity contribution in [2.45, 2.75) is 13.0 Å². The van der Waals surface area contributed by atoms with Gasteiger partial charge in [0, 0.05) is 39.6 Å². The summed E-state index contributed by atoms with van der Waals surface area (Å²) >= 11 is 7.42. The first kappa shape index (κ1) is 22.1. The number of halogens is 1. The monoisotopic (exact) mass is 493 g/mol. The van der Waals surface area contributed by atoms with E-state index >= 15 is 0 Å². The average molecular weight is 494 g/mol. The van der Waals surface area contributed by atoms with Crippen molar-refractivity contribution in [1.82, 2.24) is 20.4 Å². The molecule has 1 aliphatic heterocycles. The van der Waals surface area contributed by atoms with Gasteiger partial charge in [0.15, 0.2) is 0 Å². The number of benzene rings is 2. The van der Waals surface area contributed by atoms with Crippen molar-refractivity contribution >= 4 is 57.2 Å². The highest BCUT2D eigenvalue weighted by Crippen LogP contribution is 2.29. The van der Waals surface area contributed by atoms with Crippen LogP contribution in [-0.2, 0) is 17.8 Å². The number of aromatic nitrogens is 2. The lowest BCUT2D eigenvalue weighted by molar-refractivity contribution is -0.131. The fourth-order valence-corrected chi connectivity index (χ4v) is 5.12. The molecular formula is C24H20ClN5O3S. The summed E-state index contributed by atoms with van der Waals surface area (Å²) in [6, 6.07) is 14.0. The number of anilines is 1. The summed E-state index contributed by atoms with van der Waals surface area (Å²) in [5.41, 5.74) is 2.89. The summed E-state index contributed by atoms with van der Waals surface area (Å²) in [4.78, 5) is 41.3. The lowest BCUT2D eigenvalue weighted by atomic mass is 10.1. The molecule has 2 aromatic heterocycles. The minimum atomic E-state index is -0.315. The summed E-state index contributed by atoms with van der Waals surface area (Å²) in [5.74, 6) is -0.689. The molecule has 0 radical (unpaired) electrons. The second-order valence-corrected chi connectivity index (χ2v) is 9.52. The first-order valence-corrected chi connectivity index (χ1v) is 11.8. The molecule has 2 aromatic carbocycles. The largest absolute Gasteiger partial charge is 0.343 e. The van der Waals surface area contributed by atoms with E-state index in [0.29, 0.717) is 40.7 Å². The number of thiophene rings is 1. The van der Waals surface area contributed by atoms with E-state index in [0.717, 1.165) is 21.3 Å². The van der Waals surface area contributed by atoms with Crippen molar-refractivity contribution in [3.05, 3.63) is 80.6 Å². The molecule has 0 aliphatic carbocycles. The molecular weight excluding hydrogens is 474 g/mol. The zero-order chi connectivity index (χ0) is 23.7. The molecule has 3 amide bonds. The highest BCUT2D eigenvalue weighted by molar-refractivity contribution is 7.14. The molecule has 0 atom stereocenters. The molecule has 4 aromatic rings. The van der Waals surface area contributed by atoms with Gasteiger partial charge in [0.25, 0.3) is 11.8 Å². The van der Waals surface area contributed by atoms with Gasteiger partial charge in [-0.2, -0.15) is 5.10 Å². The van der Waals surface area contributed by atoms with Crippen LogP contribution in [0.1, 0.15) is 30.5 Å². The fraction of sp³-hybridized carbons (Fsp3) is 0.167. The van der Waals surface area contributed by atoms with E-state index in [4.69, 9.17) is 11.6 Å². The van der Waals surface area contributed by atoms with Crippen LogP contribution in [0.25, 0.3) is 10.9 Å². The van der Waals surface area contributed by atoms with E-state index in [2.05, 4.69) is 20.8 Å². The first-order chi connectivity index (χ1) is 16.5. The number of amides is 3. The van der Waals surface area contributed by atoms with E-state index in [-0.39, 0.29) is 24.3 Å². The van der Waals surface area contributed by atoms with Gasteiger partial charge in [0.1, 0.15) is 0 Å². The molecule has 34 heavy (non-hydrogen) atoms. The van der Waals surface area contributed by atoms with E-state index < -0.39 is 0 Å². The van der Waals surface area contributed by atoms with Gasteiger partial charge in [0.05, 0.1) is 23.1 Å². The van der Waals surface area contributed by atoms with Crippen LogP contribution in [0.3, 0.4) is 0 Å². The number of fused-ring (bicyclic) bond motifs is 2. The predicted molar refractivity (Wildman–Crippen MR) is 131 cm³/mol. The van der Waals surface area contributed by atoms with Gasteiger partial charge in [-0.1, -0.05) is 17.7 Å². The molecule has 10 heteroatoms. The number of hydrogen-bond donors (Lipinski definition) is 3. The number of nitrogens with zero attached hydrogens (tertiary/aromatic N) is 2. The first-order valence-electron chi connectivity index (χ1n) is 10.6. The Hall–Kier alpha value is -3.69. The standard InChI is InChI=1S/C24H20ClN5O3S/c25-17-2-1-3-18(10-17)28-24(33)21-9-16-13-30(7-6-20(16)34-21)22(31)12-26-23(32)14-4-5-19-15(8-14)11-27-29-19/h1-5,8-11H,6-7,12-13H2,(H,26,32)(H,27,29)(H,28,33). The van der Waals surface area contributed by atoms with Gasteiger partial charge in [-0.15, -0.1) is 11.3 Å². The van der Waals surface area contributed by atoms with Crippen LogP contribution in [0.4, 0.5) is 5.69 Å². The van der Waals surface area contributed by atoms with Gasteiger partial charge < -0.3 is 15.5 Å². The topological polar surface area (TPSA) is 107 Å². The molecule has 1 aliphatic rings. The summed E-state index contributed by atoms with van der Waals surface area (Å²) in [7, 11) is 0. The minimum Gasteiger partial charge on any atom is -0.343 e. The molecule has 5 rings (SSSR count). The van der Waals surface area contributed by atoms with E-state index in [1.165, 1.54) is 11.3 Å². The smallest absolute Gasteiger partial charge is 0.265 e. The highest BCUT2D eigenvalue weighted by atomic mass is 35.5. The molecule has 0 saturated heterocycles. The van der Waals surface area contributed by atoms with Crippen LogP contribution in [0.5, 0.6) is 0 Å².